The van der Waals surface area contributed by atoms with E-state index in [1.54, 1.807) is 7.11 Å². The van der Waals surface area contributed by atoms with Gasteiger partial charge in [-0.3, -0.25) is 5.84 Å². The molecule has 0 radical (unpaired) electrons. The molecule has 0 atom stereocenters. The molecule has 0 spiro atoms. The van der Waals surface area contributed by atoms with Crippen molar-refractivity contribution >= 4 is 17.7 Å². The number of esters is 1. The topological polar surface area (TPSA) is 99.6 Å². The molecule has 0 saturated carbocycles. The Morgan fingerprint density at radius 1 is 1.00 bits per heavy atom. The van der Waals surface area contributed by atoms with Gasteiger partial charge in [0.15, 0.2) is 5.70 Å². The number of hydrazine groups is 1. The summed E-state index contributed by atoms with van der Waals surface area (Å²) >= 11 is 1.22. The molecule has 2 aromatic carbocycles. The van der Waals surface area contributed by atoms with E-state index in [1.807, 2.05) is 48.5 Å². The maximum absolute atomic E-state index is 11.5. The second-order valence-electron chi connectivity index (χ2n) is 4.73. The minimum absolute atomic E-state index is 0.0294. The monoisotopic (exact) mass is 345 g/mol. The summed E-state index contributed by atoms with van der Waals surface area (Å²) in [6, 6.07) is 15.6. The smallest absolute Gasteiger partial charge is 0.358 e. The zero-order valence-corrected chi connectivity index (χ0v) is 14.2. The summed E-state index contributed by atoms with van der Waals surface area (Å²) in [5, 5.41) is 0.238. The minimum Gasteiger partial charge on any atom is -0.497 e. The summed E-state index contributed by atoms with van der Waals surface area (Å²) in [5.41, 5.74) is 10.3. The lowest BCUT2D eigenvalue weighted by atomic mass is 10.1. The van der Waals surface area contributed by atoms with Crippen LogP contribution in [0.4, 0.5) is 0 Å². The number of thioether (sulfide) groups is 1. The fraction of sp³-hybridized carbons (Fsp3) is 0.118. The van der Waals surface area contributed by atoms with Gasteiger partial charge in [-0.1, -0.05) is 36.0 Å². The third-order valence-corrected chi connectivity index (χ3v) is 4.22. The molecule has 0 amide bonds. The van der Waals surface area contributed by atoms with E-state index in [-0.39, 0.29) is 10.7 Å². The summed E-state index contributed by atoms with van der Waals surface area (Å²) in [5.74, 6) is 5.52. The van der Waals surface area contributed by atoms with Crippen molar-refractivity contribution in [3.8, 4) is 16.9 Å². The fourth-order valence-electron chi connectivity index (χ4n) is 2.01. The molecule has 0 fully saturated rings. The zero-order chi connectivity index (χ0) is 17.5. The highest BCUT2D eigenvalue weighted by Crippen LogP contribution is 2.28. The van der Waals surface area contributed by atoms with Crippen molar-refractivity contribution in [2.24, 2.45) is 11.6 Å². The van der Waals surface area contributed by atoms with Crippen molar-refractivity contribution in [1.82, 2.24) is 5.43 Å². The molecule has 2 aromatic rings. The van der Waals surface area contributed by atoms with Gasteiger partial charge in [0, 0.05) is 4.90 Å². The zero-order valence-electron chi connectivity index (χ0n) is 13.4. The third-order valence-electron chi connectivity index (χ3n) is 3.29. The maximum atomic E-state index is 11.5. The predicted octanol–water partition coefficient (Wildman–Crippen LogP) is 2.22. The molecule has 6 nitrogen and oxygen atoms in total. The largest absolute Gasteiger partial charge is 0.497 e. The second kappa shape index (κ2) is 8.28. The number of benzene rings is 2. The van der Waals surface area contributed by atoms with Crippen molar-refractivity contribution in [2.75, 3.05) is 14.2 Å². The van der Waals surface area contributed by atoms with Gasteiger partial charge < -0.3 is 20.6 Å². The lowest BCUT2D eigenvalue weighted by Crippen LogP contribution is -2.30. The molecule has 0 aromatic heterocycles. The van der Waals surface area contributed by atoms with Crippen LogP contribution in [0.25, 0.3) is 11.1 Å². The molecule has 0 aliphatic rings. The normalized spacial score (nSPS) is 11.5. The molecule has 0 unspecified atom stereocenters. The van der Waals surface area contributed by atoms with Gasteiger partial charge in [0.1, 0.15) is 10.8 Å². The van der Waals surface area contributed by atoms with Gasteiger partial charge in [-0.15, -0.1) is 0 Å². The Morgan fingerprint density at radius 3 is 2.00 bits per heavy atom. The third kappa shape index (κ3) is 4.21. The van der Waals surface area contributed by atoms with Crippen LogP contribution < -0.4 is 21.7 Å². The number of hydrogen-bond acceptors (Lipinski definition) is 7. The molecule has 0 heterocycles. The maximum Gasteiger partial charge on any atom is 0.358 e. The number of nitrogens with one attached hydrogen (secondary N) is 1. The molecule has 2 rings (SSSR count). The van der Waals surface area contributed by atoms with Gasteiger partial charge in [0.05, 0.1) is 14.2 Å². The lowest BCUT2D eigenvalue weighted by Gasteiger charge is -2.09. The van der Waals surface area contributed by atoms with Crippen LogP contribution in [-0.2, 0) is 9.53 Å². The standard InChI is InChI=1S/C17H19N3O3S/c1-22-13-7-3-11(4-8-13)12-5-9-14(10-6-12)24-16(18)15(20-19)17(21)23-2/h3-10,20H,18-19H2,1-2H3/b16-15+. The predicted molar refractivity (Wildman–Crippen MR) is 94.8 cm³/mol. The van der Waals surface area contributed by atoms with E-state index in [9.17, 15) is 4.79 Å². The van der Waals surface area contributed by atoms with Crippen molar-refractivity contribution in [2.45, 2.75) is 4.90 Å². The van der Waals surface area contributed by atoms with E-state index >= 15 is 0 Å². The van der Waals surface area contributed by atoms with Crippen LogP contribution in [0.5, 0.6) is 5.75 Å². The van der Waals surface area contributed by atoms with Gasteiger partial charge in [0.25, 0.3) is 0 Å². The van der Waals surface area contributed by atoms with Gasteiger partial charge in [-0.05, 0) is 35.4 Å². The molecule has 5 N–H and O–H groups in total. The molecular formula is C17H19N3O3S. The Labute approximate surface area is 144 Å². The summed E-state index contributed by atoms with van der Waals surface area (Å²) in [6.45, 7) is 0. The van der Waals surface area contributed by atoms with E-state index in [1.165, 1.54) is 18.9 Å². The van der Waals surface area contributed by atoms with E-state index in [4.69, 9.17) is 16.3 Å². The number of carbonyl (C=O) groups excluding carboxylic acids is 1. The first-order valence-corrected chi connectivity index (χ1v) is 7.87. The SMILES string of the molecule is COC(=O)/C(NN)=C(/N)Sc1ccc(-c2ccc(OC)cc2)cc1. The van der Waals surface area contributed by atoms with Gasteiger partial charge in [-0.2, -0.15) is 0 Å². The van der Waals surface area contributed by atoms with Crippen LogP contribution in [0.1, 0.15) is 0 Å². The quantitative estimate of drug-likeness (QED) is 0.243. The van der Waals surface area contributed by atoms with Crippen LogP contribution in [0.15, 0.2) is 64.2 Å². The summed E-state index contributed by atoms with van der Waals surface area (Å²) in [7, 11) is 2.90. The molecule has 0 aliphatic heterocycles. The van der Waals surface area contributed by atoms with Crippen LogP contribution in [0, 0.1) is 0 Å². The van der Waals surface area contributed by atoms with Crippen molar-refractivity contribution in [3.05, 3.63) is 59.3 Å². The molecule has 126 valence electrons. The minimum atomic E-state index is -0.614. The average Bonchev–Trinajstić information content (AvgIpc) is 2.63. The van der Waals surface area contributed by atoms with Crippen LogP contribution >= 0.6 is 11.8 Å². The van der Waals surface area contributed by atoms with E-state index in [0.29, 0.717) is 0 Å². The Balaban J connectivity index is 2.16. The molecule has 24 heavy (non-hydrogen) atoms. The van der Waals surface area contributed by atoms with Crippen molar-refractivity contribution in [3.63, 3.8) is 0 Å². The Bertz CT molecular complexity index is 728. The molecule has 0 bridgehead atoms. The first kappa shape index (κ1) is 17.7. The van der Waals surface area contributed by atoms with Crippen molar-refractivity contribution < 1.29 is 14.3 Å². The summed E-state index contributed by atoms with van der Waals surface area (Å²) < 4.78 is 9.77. The highest BCUT2D eigenvalue weighted by Gasteiger charge is 2.14. The number of rotatable bonds is 6. The molecule has 0 saturated heterocycles. The first-order chi connectivity index (χ1) is 11.6. The molecule has 7 heteroatoms. The van der Waals surface area contributed by atoms with E-state index < -0.39 is 5.97 Å². The summed E-state index contributed by atoms with van der Waals surface area (Å²) in [4.78, 5) is 12.4. The van der Waals surface area contributed by atoms with Crippen LogP contribution in [0.2, 0.25) is 0 Å². The highest BCUT2D eigenvalue weighted by atomic mass is 32.2. The summed E-state index contributed by atoms with van der Waals surface area (Å²) in [6.07, 6.45) is 0. The van der Waals surface area contributed by atoms with Crippen molar-refractivity contribution in [1.29, 1.82) is 0 Å². The Kier molecular flexibility index (Phi) is 6.11. The highest BCUT2D eigenvalue weighted by molar-refractivity contribution is 8.03. The van der Waals surface area contributed by atoms with Gasteiger partial charge in [-0.25, -0.2) is 4.79 Å². The lowest BCUT2D eigenvalue weighted by molar-refractivity contribution is -0.136. The number of carbonyl (C=O) groups is 1. The average molecular weight is 345 g/mol. The second-order valence-corrected chi connectivity index (χ2v) is 5.85. The van der Waals surface area contributed by atoms with E-state index in [2.05, 4.69) is 10.2 Å². The van der Waals surface area contributed by atoms with Gasteiger partial charge in [0.2, 0.25) is 0 Å². The Morgan fingerprint density at radius 2 is 1.54 bits per heavy atom. The number of ether oxygens (including phenoxy) is 2. The van der Waals surface area contributed by atoms with Gasteiger partial charge >= 0.3 is 5.97 Å². The molecule has 0 aliphatic carbocycles. The number of methoxy groups -OCH3 is 2. The fourth-order valence-corrected chi connectivity index (χ4v) is 2.78. The van der Waals surface area contributed by atoms with E-state index in [0.717, 1.165) is 21.8 Å². The first-order valence-electron chi connectivity index (χ1n) is 7.06. The van der Waals surface area contributed by atoms with Crippen LogP contribution in [-0.4, -0.2) is 20.2 Å². The van der Waals surface area contributed by atoms with Crippen LogP contribution in [0.3, 0.4) is 0 Å². The number of hydrogen-bond donors (Lipinski definition) is 3. The number of nitrogens with two attached hydrogens (primary N) is 2. The molecular weight excluding hydrogens is 326 g/mol. The Hall–Kier alpha value is -2.64.